The molecule has 0 saturated heterocycles. The SMILES string of the molecule is CCc1ccc(Cc2cc(C)[nH]n2)cc1. The summed E-state index contributed by atoms with van der Waals surface area (Å²) in [6.45, 7) is 4.20. The fraction of sp³-hybridized carbons (Fsp3) is 0.308. The molecule has 1 aromatic carbocycles. The molecular formula is C13H16N2. The van der Waals surface area contributed by atoms with Gasteiger partial charge in [-0.15, -0.1) is 0 Å². The van der Waals surface area contributed by atoms with Crippen molar-refractivity contribution in [1.29, 1.82) is 0 Å². The first-order chi connectivity index (χ1) is 7.28. The van der Waals surface area contributed by atoms with E-state index in [-0.39, 0.29) is 0 Å². The van der Waals surface area contributed by atoms with Crippen LogP contribution in [0.2, 0.25) is 0 Å². The lowest BCUT2D eigenvalue weighted by atomic mass is 10.1. The Labute approximate surface area is 90.3 Å². The van der Waals surface area contributed by atoms with Crippen LogP contribution in [-0.4, -0.2) is 10.2 Å². The Morgan fingerprint density at radius 3 is 2.33 bits per heavy atom. The summed E-state index contributed by atoms with van der Waals surface area (Å²) < 4.78 is 0. The van der Waals surface area contributed by atoms with Gasteiger partial charge in [-0.25, -0.2) is 0 Å². The van der Waals surface area contributed by atoms with E-state index in [4.69, 9.17) is 0 Å². The number of hydrogen-bond acceptors (Lipinski definition) is 1. The predicted molar refractivity (Wildman–Crippen MR) is 62.0 cm³/mol. The van der Waals surface area contributed by atoms with Gasteiger partial charge < -0.3 is 0 Å². The minimum absolute atomic E-state index is 0.911. The second-order valence-corrected chi connectivity index (χ2v) is 3.89. The van der Waals surface area contributed by atoms with Crippen LogP contribution in [0.15, 0.2) is 30.3 Å². The van der Waals surface area contributed by atoms with Crippen LogP contribution in [-0.2, 0) is 12.8 Å². The van der Waals surface area contributed by atoms with Gasteiger partial charge in [0.05, 0.1) is 5.69 Å². The summed E-state index contributed by atoms with van der Waals surface area (Å²) in [4.78, 5) is 0. The Hall–Kier alpha value is -1.57. The number of aromatic nitrogens is 2. The maximum absolute atomic E-state index is 4.23. The molecule has 1 N–H and O–H groups in total. The number of nitrogens with one attached hydrogen (secondary N) is 1. The van der Waals surface area contributed by atoms with Crippen molar-refractivity contribution in [3.63, 3.8) is 0 Å². The topological polar surface area (TPSA) is 28.7 Å². The summed E-state index contributed by atoms with van der Waals surface area (Å²) in [5, 5.41) is 7.19. The van der Waals surface area contributed by atoms with Crippen molar-refractivity contribution >= 4 is 0 Å². The maximum Gasteiger partial charge on any atom is 0.0668 e. The van der Waals surface area contributed by atoms with Gasteiger partial charge >= 0.3 is 0 Å². The van der Waals surface area contributed by atoms with Gasteiger partial charge in [0.2, 0.25) is 0 Å². The van der Waals surface area contributed by atoms with Crippen molar-refractivity contribution in [2.45, 2.75) is 26.7 Å². The molecule has 0 saturated carbocycles. The van der Waals surface area contributed by atoms with E-state index in [1.54, 1.807) is 0 Å². The third-order valence-electron chi connectivity index (χ3n) is 2.58. The third-order valence-corrected chi connectivity index (χ3v) is 2.58. The molecular weight excluding hydrogens is 184 g/mol. The summed E-state index contributed by atoms with van der Waals surface area (Å²) in [6.07, 6.45) is 2.01. The van der Waals surface area contributed by atoms with Crippen LogP contribution in [0.5, 0.6) is 0 Å². The quantitative estimate of drug-likeness (QED) is 0.810. The number of aromatic amines is 1. The molecule has 2 rings (SSSR count). The van der Waals surface area contributed by atoms with Gasteiger partial charge in [-0.05, 0) is 30.5 Å². The van der Waals surface area contributed by atoms with Crippen molar-refractivity contribution in [3.05, 3.63) is 52.8 Å². The second kappa shape index (κ2) is 4.30. The second-order valence-electron chi connectivity index (χ2n) is 3.89. The highest BCUT2D eigenvalue weighted by Crippen LogP contribution is 2.10. The Morgan fingerprint density at radius 1 is 1.13 bits per heavy atom. The van der Waals surface area contributed by atoms with Crippen LogP contribution < -0.4 is 0 Å². The molecule has 78 valence electrons. The third kappa shape index (κ3) is 2.46. The fourth-order valence-corrected chi connectivity index (χ4v) is 1.67. The van der Waals surface area contributed by atoms with E-state index in [0.29, 0.717) is 0 Å². The lowest BCUT2D eigenvalue weighted by Gasteiger charge is -2.00. The van der Waals surface area contributed by atoms with Gasteiger partial charge in [-0.1, -0.05) is 31.2 Å². The summed E-state index contributed by atoms with van der Waals surface area (Å²) in [6, 6.07) is 10.8. The molecule has 0 aliphatic carbocycles. The summed E-state index contributed by atoms with van der Waals surface area (Å²) in [5.41, 5.74) is 4.93. The van der Waals surface area contributed by atoms with Gasteiger partial charge in [-0.3, -0.25) is 5.10 Å². The lowest BCUT2D eigenvalue weighted by molar-refractivity contribution is 0.978. The fourth-order valence-electron chi connectivity index (χ4n) is 1.67. The Balaban J connectivity index is 2.11. The molecule has 0 aliphatic heterocycles. The number of aryl methyl sites for hydroxylation is 2. The highest BCUT2D eigenvalue weighted by molar-refractivity contribution is 5.26. The van der Waals surface area contributed by atoms with Crippen molar-refractivity contribution < 1.29 is 0 Å². The van der Waals surface area contributed by atoms with E-state index in [2.05, 4.69) is 47.5 Å². The highest BCUT2D eigenvalue weighted by atomic mass is 15.1. The van der Waals surface area contributed by atoms with E-state index in [1.165, 1.54) is 11.1 Å². The van der Waals surface area contributed by atoms with Gasteiger partial charge in [0.1, 0.15) is 0 Å². The Morgan fingerprint density at radius 2 is 1.80 bits per heavy atom. The molecule has 0 unspecified atom stereocenters. The van der Waals surface area contributed by atoms with Gasteiger partial charge in [0.15, 0.2) is 0 Å². The molecule has 2 nitrogen and oxygen atoms in total. The monoisotopic (exact) mass is 200 g/mol. The van der Waals surface area contributed by atoms with Crippen LogP contribution >= 0.6 is 0 Å². The first-order valence-corrected chi connectivity index (χ1v) is 5.36. The molecule has 0 radical (unpaired) electrons. The van der Waals surface area contributed by atoms with Crippen LogP contribution in [0.4, 0.5) is 0 Å². The molecule has 0 atom stereocenters. The first-order valence-electron chi connectivity index (χ1n) is 5.36. The Bertz CT molecular complexity index is 426. The van der Waals surface area contributed by atoms with E-state index in [1.807, 2.05) is 6.92 Å². The number of nitrogens with zero attached hydrogens (tertiary/aromatic N) is 1. The van der Waals surface area contributed by atoms with E-state index in [0.717, 1.165) is 24.2 Å². The van der Waals surface area contributed by atoms with Crippen LogP contribution in [0.3, 0.4) is 0 Å². The average molecular weight is 200 g/mol. The molecule has 2 heteroatoms. The molecule has 0 bridgehead atoms. The minimum Gasteiger partial charge on any atom is -0.283 e. The van der Waals surface area contributed by atoms with E-state index < -0.39 is 0 Å². The molecule has 15 heavy (non-hydrogen) atoms. The molecule has 1 aromatic heterocycles. The van der Waals surface area contributed by atoms with E-state index in [9.17, 15) is 0 Å². The van der Waals surface area contributed by atoms with Crippen LogP contribution in [0.1, 0.15) is 29.4 Å². The molecule has 1 heterocycles. The highest BCUT2D eigenvalue weighted by Gasteiger charge is 1.99. The largest absolute Gasteiger partial charge is 0.283 e. The number of rotatable bonds is 3. The summed E-state index contributed by atoms with van der Waals surface area (Å²) in [7, 11) is 0. The normalized spacial score (nSPS) is 10.5. The van der Waals surface area contributed by atoms with Crippen LogP contribution in [0.25, 0.3) is 0 Å². The molecule has 0 aliphatic rings. The van der Waals surface area contributed by atoms with Gasteiger partial charge in [-0.2, -0.15) is 5.10 Å². The van der Waals surface area contributed by atoms with Crippen LogP contribution in [0, 0.1) is 6.92 Å². The summed E-state index contributed by atoms with van der Waals surface area (Å²) in [5.74, 6) is 0. The zero-order valence-corrected chi connectivity index (χ0v) is 9.25. The minimum atomic E-state index is 0.911. The van der Waals surface area contributed by atoms with Crippen molar-refractivity contribution in [1.82, 2.24) is 10.2 Å². The maximum atomic E-state index is 4.23. The Kier molecular flexibility index (Phi) is 2.86. The molecule has 0 spiro atoms. The van der Waals surface area contributed by atoms with Crippen molar-refractivity contribution in [2.24, 2.45) is 0 Å². The standard InChI is InChI=1S/C13H16N2/c1-3-11-4-6-12(7-5-11)9-13-8-10(2)14-15-13/h4-8H,3,9H2,1-2H3,(H,14,15). The number of benzene rings is 1. The molecule has 2 aromatic rings. The molecule has 0 amide bonds. The summed E-state index contributed by atoms with van der Waals surface area (Å²) >= 11 is 0. The molecule has 0 fully saturated rings. The number of hydrogen-bond donors (Lipinski definition) is 1. The van der Waals surface area contributed by atoms with E-state index >= 15 is 0 Å². The predicted octanol–water partition coefficient (Wildman–Crippen LogP) is 2.87. The first kappa shape index (κ1) is 9.97. The van der Waals surface area contributed by atoms with Gasteiger partial charge in [0.25, 0.3) is 0 Å². The van der Waals surface area contributed by atoms with Crippen molar-refractivity contribution in [3.8, 4) is 0 Å². The van der Waals surface area contributed by atoms with Crippen molar-refractivity contribution in [2.75, 3.05) is 0 Å². The number of H-pyrrole nitrogens is 1. The zero-order valence-electron chi connectivity index (χ0n) is 9.25. The smallest absolute Gasteiger partial charge is 0.0668 e. The van der Waals surface area contributed by atoms with Gasteiger partial charge in [0, 0.05) is 12.1 Å². The zero-order chi connectivity index (χ0) is 10.7. The lowest BCUT2D eigenvalue weighted by Crippen LogP contribution is -1.89. The average Bonchev–Trinajstić information content (AvgIpc) is 2.65.